The Balaban J connectivity index is 0.884. The van der Waals surface area contributed by atoms with Gasteiger partial charge in [0.2, 0.25) is 5.95 Å². The van der Waals surface area contributed by atoms with E-state index >= 15 is 0 Å². The fourth-order valence-corrected chi connectivity index (χ4v) is 7.70. The number of amides is 1. The van der Waals surface area contributed by atoms with Crippen LogP contribution in [-0.2, 0) is 17.8 Å². The van der Waals surface area contributed by atoms with E-state index in [0.717, 1.165) is 118 Å². The van der Waals surface area contributed by atoms with Crippen LogP contribution < -0.4 is 15.0 Å². The molecule has 1 aromatic heterocycles. The summed E-state index contributed by atoms with van der Waals surface area (Å²) >= 11 is 0. The van der Waals surface area contributed by atoms with Gasteiger partial charge in [0.1, 0.15) is 11.9 Å². The highest BCUT2D eigenvalue weighted by Gasteiger charge is 2.46. The number of rotatable bonds is 6. The number of nitrogens with one attached hydrogen (secondary N) is 1. The molecule has 1 unspecified atom stereocenters. The van der Waals surface area contributed by atoms with Gasteiger partial charge in [-0.2, -0.15) is 0 Å². The zero-order valence-corrected chi connectivity index (χ0v) is 24.3. The van der Waals surface area contributed by atoms with E-state index in [1.54, 1.807) is 0 Å². The maximum absolute atomic E-state index is 13.0. The smallest absolute Gasteiger partial charge is 0.254 e. The summed E-state index contributed by atoms with van der Waals surface area (Å²) in [7, 11) is 0. The molecule has 220 valence electrons. The molecular formula is C33H40N6O3. The number of anilines is 1. The second-order valence-corrected chi connectivity index (χ2v) is 12.8. The second-order valence-electron chi connectivity index (χ2n) is 12.8. The normalized spacial score (nSPS) is 25.7. The molecular weight excluding hydrogens is 528 g/mol. The summed E-state index contributed by atoms with van der Waals surface area (Å²) in [4.78, 5) is 29.7. The number of nitrogens with zero attached hydrogens (tertiary/aromatic N) is 5. The largest absolute Gasteiger partial charge is 0.489 e. The summed E-state index contributed by atoms with van der Waals surface area (Å²) in [5, 5.41) is 4.53. The minimum atomic E-state index is 0.152. The Bertz CT molecular complexity index is 1480. The molecule has 3 aromatic rings. The van der Waals surface area contributed by atoms with Gasteiger partial charge >= 0.3 is 0 Å². The van der Waals surface area contributed by atoms with Gasteiger partial charge in [-0.1, -0.05) is 6.07 Å². The summed E-state index contributed by atoms with van der Waals surface area (Å²) in [5.74, 6) is 1.90. The molecule has 9 heteroatoms. The van der Waals surface area contributed by atoms with Gasteiger partial charge in [-0.25, -0.2) is 9.97 Å². The number of piperidine rings is 1. The van der Waals surface area contributed by atoms with Crippen LogP contribution in [0.25, 0.3) is 10.9 Å². The van der Waals surface area contributed by atoms with Crippen LogP contribution in [-0.4, -0.2) is 89.3 Å². The van der Waals surface area contributed by atoms with Crippen molar-refractivity contribution >= 4 is 22.8 Å². The fraction of sp³-hybridized carbons (Fsp3) is 0.545. The average Bonchev–Trinajstić information content (AvgIpc) is 3.60. The highest BCUT2D eigenvalue weighted by atomic mass is 16.5. The summed E-state index contributed by atoms with van der Waals surface area (Å²) in [6, 6.07) is 12.9. The molecule has 8 rings (SSSR count). The first-order valence-electron chi connectivity index (χ1n) is 15.8. The number of carbonyl (C=O) groups excluding carboxylic acids is 1. The third-order valence-electron chi connectivity index (χ3n) is 10.2. The van der Waals surface area contributed by atoms with Crippen LogP contribution in [0.3, 0.4) is 0 Å². The molecule has 6 heterocycles. The highest BCUT2D eigenvalue weighted by Crippen LogP contribution is 2.41. The van der Waals surface area contributed by atoms with Gasteiger partial charge in [0, 0.05) is 81.2 Å². The Hall–Kier alpha value is -3.27. The Morgan fingerprint density at radius 1 is 1.07 bits per heavy atom. The number of aromatic nitrogens is 2. The predicted octanol–water partition coefficient (Wildman–Crippen LogP) is 3.75. The van der Waals surface area contributed by atoms with Crippen LogP contribution in [0.5, 0.6) is 5.75 Å². The van der Waals surface area contributed by atoms with Crippen molar-refractivity contribution in [3.63, 3.8) is 0 Å². The third kappa shape index (κ3) is 4.81. The van der Waals surface area contributed by atoms with Crippen molar-refractivity contribution in [3.8, 4) is 5.75 Å². The van der Waals surface area contributed by atoms with E-state index in [-0.39, 0.29) is 17.6 Å². The van der Waals surface area contributed by atoms with Crippen molar-refractivity contribution in [1.29, 1.82) is 0 Å². The van der Waals surface area contributed by atoms with Gasteiger partial charge in [0.25, 0.3) is 5.91 Å². The standard InChI is InChI=1S/C33H40N6O3/c40-31-29-5-4-27(17-25(29)21-38(31)26-2-1-11-34-19-26)42-28-7-12-37(22-28)20-23-3-6-30-24(16-23)18-35-32(36-30)39-13-8-33(39)9-14-41-15-10-33/h3-6,16-18,26,28,34H,1-2,7-15,19-22H2/t26?,28-/m0/s1. The second kappa shape index (κ2) is 10.8. The van der Waals surface area contributed by atoms with Crippen molar-refractivity contribution in [2.75, 3.05) is 50.8 Å². The van der Waals surface area contributed by atoms with Gasteiger partial charge in [-0.3, -0.25) is 9.69 Å². The summed E-state index contributed by atoms with van der Waals surface area (Å²) in [6.45, 7) is 8.11. The lowest BCUT2D eigenvalue weighted by atomic mass is 9.78. The molecule has 1 amide bonds. The van der Waals surface area contributed by atoms with Crippen LogP contribution in [0, 0.1) is 0 Å². The fourth-order valence-electron chi connectivity index (χ4n) is 7.70. The molecule has 5 aliphatic heterocycles. The molecule has 0 aliphatic carbocycles. The average molecular weight is 569 g/mol. The van der Waals surface area contributed by atoms with Gasteiger partial charge in [-0.05, 0) is 86.5 Å². The quantitative estimate of drug-likeness (QED) is 0.482. The predicted molar refractivity (Wildman–Crippen MR) is 161 cm³/mol. The van der Waals surface area contributed by atoms with Crippen molar-refractivity contribution in [1.82, 2.24) is 25.1 Å². The van der Waals surface area contributed by atoms with Crippen LogP contribution in [0.2, 0.25) is 0 Å². The lowest BCUT2D eigenvalue weighted by Gasteiger charge is -2.54. The molecule has 4 fully saturated rings. The molecule has 1 N–H and O–H groups in total. The topological polar surface area (TPSA) is 83.1 Å². The molecule has 1 spiro atoms. The van der Waals surface area contributed by atoms with Gasteiger partial charge < -0.3 is 24.6 Å². The minimum absolute atomic E-state index is 0.152. The van der Waals surface area contributed by atoms with Gasteiger partial charge in [0.15, 0.2) is 0 Å². The maximum atomic E-state index is 13.0. The zero-order valence-electron chi connectivity index (χ0n) is 24.3. The number of carbonyl (C=O) groups is 1. The van der Waals surface area contributed by atoms with E-state index in [1.807, 2.05) is 23.2 Å². The monoisotopic (exact) mass is 568 g/mol. The van der Waals surface area contributed by atoms with Crippen molar-refractivity contribution in [2.24, 2.45) is 0 Å². The number of benzene rings is 2. The first kappa shape index (κ1) is 26.4. The van der Waals surface area contributed by atoms with Crippen LogP contribution in [0.1, 0.15) is 60.0 Å². The Morgan fingerprint density at radius 3 is 2.83 bits per heavy atom. The first-order valence-corrected chi connectivity index (χ1v) is 15.8. The Labute approximate surface area is 247 Å². The Morgan fingerprint density at radius 2 is 2.00 bits per heavy atom. The van der Waals surface area contributed by atoms with E-state index in [2.05, 4.69) is 39.4 Å². The molecule has 0 bridgehead atoms. The van der Waals surface area contributed by atoms with Crippen LogP contribution in [0.4, 0.5) is 5.95 Å². The van der Waals surface area contributed by atoms with Gasteiger partial charge in [0.05, 0.1) is 5.52 Å². The highest BCUT2D eigenvalue weighted by molar-refractivity contribution is 5.98. The molecule has 2 atom stereocenters. The summed E-state index contributed by atoms with van der Waals surface area (Å²) in [5.41, 5.74) is 4.41. The van der Waals surface area contributed by atoms with E-state index in [0.29, 0.717) is 12.6 Å². The van der Waals surface area contributed by atoms with Crippen molar-refractivity contribution < 1.29 is 14.3 Å². The number of likely N-dealkylation sites (tertiary alicyclic amines) is 1. The lowest BCUT2D eigenvalue weighted by molar-refractivity contribution is 0.0280. The van der Waals surface area contributed by atoms with E-state index in [9.17, 15) is 4.79 Å². The lowest BCUT2D eigenvalue weighted by Crippen LogP contribution is -2.63. The number of hydrogen-bond donors (Lipinski definition) is 1. The zero-order chi connectivity index (χ0) is 28.1. The first-order chi connectivity index (χ1) is 20.6. The number of ether oxygens (including phenoxy) is 2. The molecule has 9 nitrogen and oxygen atoms in total. The molecule has 2 aromatic carbocycles. The van der Waals surface area contributed by atoms with E-state index in [4.69, 9.17) is 19.4 Å². The minimum Gasteiger partial charge on any atom is -0.489 e. The molecule has 42 heavy (non-hydrogen) atoms. The molecule has 0 saturated carbocycles. The van der Waals surface area contributed by atoms with Crippen LogP contribution >= 0.6 is 0 Å². The number of fused-ring (bicyclic) bond motifs is 2. The van der Waals surface area contributed by atoms with Crippen LogP contribution in [0.15, 0.2) is 42.6 Å². The van der Waals surface area contributed by atoms with Crippen molar-refractivity contribution in [3.05, 3.63) is 59.3 Å². The van der Waals surface area contributed by atoms with Crippen molar-refractivity contribution in [2.45, 2.75) is 69.3 Å². The summed E-state index contributed by atoms with van der Waals surface area (Å²) in [6.07, 6.45) is 8.69. The molecule has 4 saturated heterocycles. The number of hydrogen-bond acceptors (Lipinski definition) is 8. The maximum Gasteiger partial charge on any atom is 0.254 e. The van der Waals surface area contributed by atoms with E-state index < -0.39 is 0 Å². The SMILES string of the molecule is O=C1c2ccc(O[C@H]3CCN(Cc4ccc5nc(N6CCC67CCOCC7)ncc5c4)C3)cc2CN1C1CCCNC1. The van der Waals surface area contributed by atoms with Gasteiger partial charge in [-0.15, -0.1) is 0 Å². The third-order valence-corrected chi connectivity index (χ3v) is 10.2. The molecule has 0 radical (unpaired) electrons. The molecule has 5 aliphatic rings. The van der Waals surface area contributed by atoms with E-state index in [1.165, 1.54) is 12.0 Å². The summed E-state index contributed by atoms with van der Waals surface area (Å²) < 4.78 is 12.0. The Kier molecular flexibility index (Phi) is 6.76.